The van der Waals surface area contributed by atoms with E-state index in [1.807, 2.05) is 36.1 Å². The van der Waals surface area contributed by atoms with Crippen LogP contribution >= 0.6 is 0 Å². The molecule has 2 heterocycles. The third-order valence-corrected chi connectivity index (χ3v) is 4.66. The molecule has 1 aromatic heterocycles. The van der Waals surface area contributed by atoms with E-state index in [-0.39, 0.29) is 5.91 Å². The summed E-state index contributed by atoms with van der Waals surface area (Å²) in [5, 5.41) is 17.4. The zero-order chi connectivity index (χ0) is 17.2. The Morgan fingerprint density at radius 2 is 2.12 bits per heavy atom. The molecule has 1 amide bonds. The summed E-state index contributed by atoms with van der Waals surface area (Å²) in [6, 6.07) is 7.40. The minimum atomic E-state index is -0.607. The van der Waals surface area contributed by atoms with Crippen molar-refractivity contribution in [2.75, 3.05) is 13.1 Å². The Hall–Kier alpha value is -2.21. The molecule has 1 aliphatic heterocycles. The number of benzene rings is 1. The van der Waals surface area contributed by atoms with Gasteiger partial charge in [-0.25, -0.2) is 4.98 Å². The van der Waals surface area contributed by atoms with Crippen LogP contribution in [0.15, 0.2) is 24.3 Å². The van der Waals surface area contributed by atoms with Crippen molar-refractivity contribution in [2.24, 2.45) is 0 Å². The fraction of sp³-hybridized carbons (Fsp3) is 0.500. The van der Waals surface area contributed by atoms with Gasteiger partial charge in [0.1, 0.15) is 5.82 Å². The molecule has 3 rings (SSSR count). The van der Waals surface area contributed by atoms with Gasteiger partial charge in [-0.15, -0.1) is 0 Å². The Labute approximate surface area is 141 Å². The molecular formula is C18H24N4O2. The van der Waals surface area contributed by atoms with Crippen LogP contribution in [0.1, 0.15) is 48.8 Å². The monoisotopic (exact) mass is 328 g/mol. The minimum absolute atomic E-state index is 0.00246. The molecule has 2 aromatic rings. The molecule has 2 N–H and O–H groups in total. The van der Waals surface area contributed by atoms with Crippen molar-refractivity contribution >= 4 is 5.91 Å². The first-order chi connectivity index (χ1) is 11.5. The lowest BCUT2D eigenvalue weighted by Gasteiger charge is -2.38. The summed E-state index contributed by atoms with van der Waals surface area (Å²) in [7, 11) is 0. The van der Waals surface area contributed by atoms with E-state index in [1.54, 1.807) is 0 Å². The highest BCUT2D eigenvalue weighted by molar-refractivity contribution is 5.95. The van der Waals surface area contributed by atoms with Crippen LogP contribution in [0, 0.1) is 6.92 Å². The number of carbonyl (C=O) groups excluding carboxylic acids is 1. The highest BCUT2D eigenvalue weighted by Gasteiger charge is 2.33. The number of likely N-dealkylation sites (tertiary alicyclic amines) is 1. The van der Waals surface area contributed by atoms with Crippen LogP contribution in [0.2, 0.25) is 0 Å². The van der Waals surface area contributed by atoms with Crippen molar-refractivity contribution in [1.29, 1.82) is 0 Å². The van der Waals surface area contributed by atoms with Crippen LogP contribution in [0.25, 0.3) is 11.4 Å². The van der Waals surface area contributed by atoms with Gasteiger partial charge in [0.2, 0.25) is 0 Å². The van der Waals surface area contributed by atoms with E-state index in [1.165, 1.54) is 0 Å². The standard InChI is InChI=1S/C18H24N4O2/c1-3-7-18(24)8-10-22(11-9-18)17(23)15-6-4-5-14(12-15)16-19-13(2)20-21-16/h4-6,12,24H,3,7-11H2,1-2H3,(H,19,20,21). The van der Waals surface area contributed by atoms with E-state index in [2.05, 4.69) is 22.1 Å². The normalized spacial score (nSPS) is 17.0. The zero-order valence-corrected chi connectivity index (χ0v) is 14.2. The number of nitrogens with zero attached hydrogens (tertiary/aromatic N) is 3. The van der Waals surface area contributed by atoms with Crippen LogP contribution in [0.3, 0.4) is 0 Å². The topological polar surface area (TPSA) is 82.1 Å². The molecule has 0 aliphatic carbocycles. The van der Waals surface area contributed by atoms with Crippen molar-refractivity contribution in [1.82, 2.24) is 20.1 Å². The summed E-state index contributed by atoms with van der Waals surface area (Å²) >= 11 is 0. The molecule has 0 bridgehead atoms. The first kappa shape index (κ1) is 16.6. The lowest BCUT2D eigenvalue weighted by atomic mass is 9.87. The average molecular weight is 328 g/mol. The van der Waals surface area contributed by atoms with Gasteiger partial charge in [-0.3, -0.25) is 9.89 Å². The Bertz CT molecular complexity index is 717. The predicted octanol–water partition coefficient (Wildman–Crippen LogP) is 2.55. The van der Waals surface area contributed by atoms with Gasteiger partial charge in [-0.2, -0.15) is 5.10 Å². The summed E-state index contributed by atoms with van der Waals surface area (Å²) in [5.41, 5.74) is 0.852. The molecule has 128 valence electrons. The van der Waals surface area contributed by atoms with Crippen molar-refractivity contribution < 1.29 is 9.90 Å². The Balaban J connectivity index is 1.72. The maximum Gasteiger partial charge on any atom is 0.253 e. The van der Waals surface area contributed by atoms with E-state index >= 15 is 0 Å². The number of rotatable bonds is 4. The number of nitrogens with one attached hydrogen (secondary N) is 1. The first-order valence-corrected chi connectivity index (χ1v) is 8.52. The van der Waals surface area contributed by atoms with Crippen LogP contribution in [0.4, 0.5) is 0 Å². The molecule has 1 aromatic carbocycles. The molecule has 0 unspecified atom stereocenters. The van der Waals surface area contributed by atoms with Gasteiger partial charge in [-0.05, 0) is 38.3 Å². The van der Waals surface area contributed by atoms with Crippen molar-refractivity contribution in [3.8, 4) is 11.4 Å². The number of aromatic nitrogens is 3. The number of aliphatic hydroxyl groups is 1. The number of carbonyl (C=O) groups is 1. The van der Waals surface area contributed by atoms with Crippen molar-refractivity contribution in [3.63, 3.8) is 0 Å². The molecule has 6 nitrogen and oxygen atoms in total. The second kappa shape index (κ2) is 6.73. The van der Waals surface area contributed by atoms with Gasteiger partial charge >= 0.3 is 0 Å². The van der Waals surface area contributed by atoms with E-state index < -0.39 is 5.60 Å². The molecule has 1 fully saturated rings. The van der Waals surface area contributed by atoms with Gasteiger partial charge in [0.15, 0.2) is 5.82 Å². The fourth-order valence-electron chi connectivity index (χ4n) is 3.29. The fourth-order valence-corrected chi connectivity index (χ4v) is 3.29. The van der Waals surface area contributed by atoms with E-state index in [0.717, 1.165) is 24.2 Å². The second-order valence-electron chi connectivity index (χ2n) is 6.59. The number of aromatic amines is 1. The summed E-state index contributed by atoms with van der Waals surface area (Å²) in [5.74, 6) is 1.34. The zero-order valence-electron chi connectivity index (χ0n) is 14.2. The maximum absolute atomic E-state index is 12.8. The number of aryl methyl sites for hydroxylation is 1. The maximum atomic E-state index is 12.8. The van der Waals surface area contributed by atoms with E-state index in [4.69, 9.17) is 0 Å². The smallest absolute Gasteiger partial charge is 0.253 e. The largest absolute Gasteiger partial charge is 0.390 e. The molecule has 0 spiro atoms. The third kappa shape index (κ3) is 3.48. The van der Waals surface area contributed by atoms with Gasteiger partial charge in [0.05, 0.1) is 5.60 Å². The minimum Gasteiger partial charge on any atom is -0.390 e. The van der Waals surface area contributed by atoms with E-state index in [0.29, 0.717) is 37.3 Å². The Kier molecular flexibility index (Phi) is 4.66. The first-order valence-electron chi connectivity index (χ1n) is 8.52. The Morgan fingerprint density at radius 3 is 2.75 bits per heavy atom. The summed E-state index contributed by atoms with van der Waals surface area (Å²) in [6.45, 7) is 5.11. The second-order valence-corrected chi connectivity index (χ2v) is 6.59. The summed E-state index contributed by atoms with van der Waals surface area (Å²) in [4.78, 5) is 18.9. The van der Waals surface area contributed by atoms with Gasteiger partial charge in [-0.1, -0.05) is 25.5 Å². The van der Waals surface area contributed by atoms with Gasteiger partial charge < -0.3 is 10.0 Å². The lowest BCUT2D eigenvalue weighted by molar-refractivity contribution is -0.0233. The predicted molar refractivity (Wildman–Crippen MR) is 91.6 cm³/mol. The molecule has 1 aliphatic rings. The molecular weight excluding hydrogens is 304 g/mol. The lowest BCUT2D eigenvalue weighted by Crippen LogP contribution is -2.46. The summed E-state index contributed by atoms with van der Waals surface area (Å²) < 4.78 is 0. The van der Waals surface area contributed by atoms with Crippen LogP contribution in [-0.2, 0) is 0 Å². The number of piperidine rings is 1. The van der Waals surface area contributed by atoms with Crippen LogP contribution in [-0.4, -0.2) is 49.8 Å². The number of H-pyrrole nitrogens is 1. The van der Waals surface area contributed by atoms with Crippen molar-refractivity contribution in [3.05, 3.63) is 35.7 Å². The highest BCUT2D eigenvalue weighted by Crippen LogP contribution is 2.28. The highest BCUT2D eigenvalue weighted by atomic mass is 16.3. The molecule has 0 saturated carbocycles. The van der Waals surface area contributed by atoms with Crippen molar-refractivity contribution in [2.45, 2.75) is 45.1 Å². The van der Waals surface area contributed by atoms with Crippen LogP contribution < -0.4 is 0 Å². The molecule has 0 radical (unpaired) electrons. The van der Waals surface area contributed by atoms with E-state index in [9.17, 15) is 9.90 Å². The summed E-state index contributed by atoms with van der Waals surface area (Å²) in [6.07, 6.45) is 3.05. The van der Waals surface area contributed by atoms with Crippen LogP contribution in [0.5, 0.6) is 0 Å². The Morgan fingerprint density at radius 1 is 1.38 bits per heavy atom. The number of hydrogen-bond acceptors (Lipinski definition) is 4. The molecule has 6 heteroatoms. The van der Waals surface area contributed by atoms with Gasteiger partial charge in [0.25, 0.3) is 5.91 Å². The average Bonchev–Trinajstić information content (AvgIpc) is 3.02. The number of hydrogen-bond donors (Lipinski definition) is 2. The van der Waals surface area contributed by atoms with Gasteiger partial charge in [0, 0.05) is 24.2 Å². The molecule has 0 atom stereocenters. The quantitative estimate of drug-likeness (QED) is 0.903. The third-order valence-electron chi connectivity index (χ3n) is 4.66. The molecule has 24 heavy (non-hydrogen) atoms. The number of amides is 1. The SMILES string of the molecule is CCCC1(O)CCN(C(=O)c2cccc(-c3n[nH]c(C)n3)c2)CC1. The molecule has 1 saturated heterocycles.